The van der Waals surface area contributed by atoms with Crippen molar-refractivity contribution in [3.63, 3.8) is 0 Å². The fourth-order valence-electron chi connectivity index (χ4n) is 0.427. The van der Waals surface area contributed by atoms with Crippen LogP contribution in [0.1, 0.15) is 7.43 Å². The maximum Gasteiger partial charge on any atom is 0.314 e. The highest BCUT2D eigenvalue weighted by Gasteiger charge is 1.93. The number of hydrogen-bond donors (Lipinski definition) is 5. The van der Waals surface area contributed by atoms with Crippen LogP contribution in [0, 0.1) is 0 Å². The molecular formula is C4H13N6O3P. The van der Waals surface area contributed by atoms with E-state index in [2.05, 4.69) is 15.0 Å². The monoisotopic (exact) mass is 224 g/mol. The fraction of sp³-hybridized carbons (Fsp3) is 0.250. The first-order chi connectivity index (χ1) is 5.91. The summed E-state index contributed by atoms with van der Waals surface area (Å²) in [6.45, 7) is 0. The molecule has 0 amide bonds. The number of aromatic nitrogens is 3. The van der Waals surface area contributed by atoms with Crippen LogP contribution in [0.2, 0.25) is 0 Å². The Balaban J connectivity index is 0. The second kappa shape index (κ2) is 7.01. The summed E-state index contributed by atoms with van der Waals surface area (Å²) >= 11 is 0. The van der Waals surface area contributed by atoms with Crippen molar-refractivity contribution < 1.29 is 14.4 Å². The lowest BCUT2D eigenvalue weighted by molar-refractivity contribution is 0.405. The molecule has 0 saturated carbocycles. The van der Waals surface area contributed by atoms with Crippen molar-refractivity contribution in [2.75, 3.05) is 17.2 Å². The Morgan fingerprint density at radius 2 is 1.07 bits per heavy atom. The average molecular weight is 224 g/mol. The van der Waals surface area contributed by atoms with Crippen LogP contribution in [0.25, 0.3) is 0 Å². The largest absolute Gasteiger partial charge is 0.368 e. The zero-order chi connectivity index (χ0) is 10.4. The van der Waals surface area contributed by atoms with E-state index in [0.29, 0.717) is 0 Å². The van der Waals surface area contributed by atoms with Crippen molar-refractivity contribution in [2.24, 2.45) is 0 Å². The van der Waals surface area contributed by atoms with Crippen molar-refractivity contribution in [1.29, 1.82) is 0 Å². The summed E-state index contributed by atoms with van der Waals surface area (Å²) < 4.78 is 8.74. The predicted molar refractivity (Wildman–Crippen MR) is 53.2 cm³/mol. The molecule has 0 aliphatic rings. The number of rotatable bonds is 0. The second-order valence-electron chi connectivity index (χ2n) is 1.69. The maximum absolute atomic E-state index is 8.74. The molecule has 10 heteroatoms. The zero-order valence-corrected chi connectivity index (χ0v) is 7.38. The smallest absolute Gasteiger partial charge is 0.314 e. The van der Waals surface area contributed by atoms with Gasteiger partial charge in [0.15, 0.2) is 0 Å². The molecule has 0 unspecified atom stereocenters. The molecular weight excluding hydrogens is 211 g/mol. The molecule has 0 aliphatic carbocycles. The molecule has 0 fully saturated rings. The third-order valence-corrected chi connectivity index (χ3v) is 0.687. The van der Waals surface area contributed by atoms with Gasteiger partial charge in [0, 0.05) is 0 Å². The van der Waals surface area contributed by atoms with Gasteiger partial charge in [-0.2, -0.15) is 15.0 Å². The van der Waals surface area contributed by atoms with E-state index in [1.165, 1.54) is 0 Å². The third kappa shape index (κ3) is 8.65. The highest BCUT2D eigenvalue weighted by atomic mass is 31.1. The van der Waals surface area contributed by atoms with Gasteiger partial charge >= 0.3 is 8.25 Å². The summed E-state index contributed by atoms with van der Waals surface area (Å²) in [5, 5.41) is 0. The Kier molecular flexibility index (Phi) is 7.54. The molecule has 0 spiro atoms. The second-order valence-corrected chi connectivity index (χ2v) is 2.26. The molecule has 0 radical (unpaired) electrons. The van der Waals surface area contributed by atoms with Gasteiger partial charge in [0.25, 0.3) is 0 Å². The number of anilines is 3. The van der Waals surface area contributed by atoms with E-state index in [1.807, 2.05) is 0 Å². The van der Waals surface area contributed by atoms with E-state index < -0.39 is 8.25 Å². The molecule has 1 heterocycles. The Bertz CT molecular complexity index is 253. The van der Waals surface area contributed by atoms with E-state index in [0.717, 1.165) is 0 Å². The van der Waals surface area contributed by atoms with Crippen LogP contribution >= 0.6 is 8.25 Å². The van der Waals surface area contributed by atoms with E-state index in [-0.39, 0.29) is 25.3 Å². The van der Waals surface area contributed by atoms with Crippen LogP contribution in [-0.2, 0) is 4.57 Å². The highest BCUT2D eigenvalue weighted by molar-refractivity contribution is 7.30. The quantitative estimate of drug-likeness (QED) is 0.332. The number of nitrogens with two attached hydrogens (primary N) is 3. The standard InChI is InChI=1S/C3H6N6.CH4.H3O3P/c4-1-7-2(5)9-3(6)8-1;;1-4(2)3/h(H6,4,5,6,7,8,9);1H4;4H,(H2,1,2,3). The van der Waals surface area contributed by atoms with Crippen molar-refractivity contribution in [3.05, 3.63) is 0 Å². The first-order valence-corrected chi connectivity index (χ1v) is 4.16. The summed E-state index contributed by atoms with van der Waals surface area (Å²) in [6.07, 6.45) is 0. The molecule has 1 aromatic heterocycles. The SMILES string of the molecule is C.Nc1nc(N)nc(N)n1.O=[PH](O)O. The zero-order valence-electron chi connectivity index (χ0n) is 6.38. The Morgan fingerprint density at radius 3 is 1.21 bits per heavy atom. The fourth-order valence-corrected chi connectivity index (χ4v) is 0.427. The van der Waals surface area contributed by atoms with Gasteiger partial charge in [0.05, 0.1) is 0 Å². The van der Waals surface area contributed by atoms with Crippen molar-refractivity contribution in [1.82, 2.24) is 15.0 Å². The van der Waals surface area contributed by atoms with Gasteiger partial charge in [0.1, 0.15) is 0 Å². The molecule has 82 valence electrons. The normalized spacial score (nSPS) is 8.50. The molecule has 14 heavy (non-hydrogen) atoms. The van der Waals surface area contributed by atoms with Crippen molar-refractivity contribution in [3.8, 4) is 0 Å². The molecule has 1 aromatic rings. The third-order valence-electron chi connectivity index (χ3n) is 0.687. The van der Waals surface area contributed by atoms with Crippen LogP contribution in [-0.4, -0.2) is 24.7 Å². The van der Waals surface area contributed by atoms with E-state index in [4.69, 9.17) is 31.6 Å². The highest BCUT2D eigenvalue weighted by Crippen LogP contribution is 1.98. The summed E-state index contributed by atoms with van der Waals surface area (Å²) in [6, 6.07) is 0. The molecule has 0 atom stereocenters. The van der Waals surface area contributed by atoms with Crippen LogP contribution in [0.15, 0.2) is 0 Å². The van der Waals surface area contributed by atoms with Crippen molar-refractivity contribution >= 4 is 26.1 Å². The first kappa shape index (κ1) is 15.1. The Labute approximate surface area is 81.0 Å². The molecule has 1 rings (SSSR count). The van der Waals surface area contributed by atoms with Crippen LogP contribution in [0.5, 0.6) is 0 Å². The predicted octanol–water partition coefficient (Wildman–Crippen LogP) is -1.38. The Hall–Kier alpha value is -1.44. The molecule has 0 bridgehead atoms. The van der Waals surface area contributed by atoms with Crippen LogP contribution < -0.4 is 17.2 Å². The topological polar surface area (TPSA) is 174 Å². The van der Waals surface area contributed by atoms with E-state index >= 15 is 0 Å². The lowest BCUT2D eigenvalue weighted by atomic mass is 10.9. The average Bonchev–Trinajstić information content (AvgIpc) is 1.80. The van der Waals surface area contributed by atoms with Gasteiger partial charge in [-0.3, -0.25) is 4.57 Å². The molecule has 0 saturated heterocycles. The Morgan fingerprint density at radius 1 is 0.929 bits per heavy atom. The summed E-state index contributed by atoms with van der Waals surface area (Å²) in [4.78, 5) is 24.8. The molecule has 8 N–H and O–H groups in total. The lowest BCUT2D eigenvalue weighted by Gasteiger charge is -1.93. The number of nitrogen functional groups attached to an aromatic ring is 3. The summed E-state index contributed by atoms with van der Waals surface area (Å²) in [7, 11) is -3.13. The minimum absolute atomic E-state index is 0. The van der Waals surface area contributed by atoms with E-state index in [1.54, 1.807) is 0 Å². The minimum atomic E-state index is -3.13. The van der Waals surface area contributed by atoms with Crippen LogP contribution in [0.4, 0.5) is 17.8 Å². The molecule has 9 nitrogen and oxygen atoms in total. The van der Waals surface area contributed by atoms with Crippen LogP contribution in [0.3, 0.4) is 0 Å². The first-order valence-electron chi connectivity index (χ1n) is 2.86. The molecule has 0 aliphatic heterocycles. The van der Waals surface area contributed by atoms with Gasteiger partial charge in [-0.25, -0.2) is 0 Å². The number of nitrogens with zero attached hydrogens (tertiary/aromatic N) is 3. The summed E-state index contributed by atoms with van der Waals surface area (Å²) in [5.41, 5.74) is 15.4. The summed E-state index contributed by atoms with van der Waals surface area (Å²) in [5.74, 6) is 0.125. The van der Waals surface area contributed by atoms with Gasteiger partial charge < -0.3 is 27.0 Å². The minimum Gasteiger partial charge on any atom is -0.368 e. The maximum atomic E-state index is 8.74. The van der Waals surface area contributed by atoms with Gasteiger partial charge in [-0.05, 0) is 0 Å². The van der Waals surface area contributed by atoms with Gasteiger partial charge in [-0.15, -0.1) is 0 Å². The molecule has 0 aromatic carbocycles. The van der Waals surface area contributed by atoms with E-state index in [9.17, 15) is 0 Å². The van der Waals surface area contributed by atoms with Gasteiger partial charge in [-0.1, -0.05) is 7.43 Å². The van der Waals surface area contributed by atoms with Crippen molar-refractivity contribution in [2.45, 2.75) is 7.43 Å². The lowest BCUT2D eigenvalue weighted by Crippen LogP contribution is -2.05. The number of hydrogen-bond acceptors (Lipinski definition) is 7. The van der Waals surface area contributed by atoms with Gasteiger partial charge in [0.2, 0.25) is 17.8 Å².